The first kappa shape index (κ1) is 10.4. The maximum atomic E-state index is 10.7. The summed E-state index contributed by atoms with van der Waals surface area (Å²) in [5.41, 5.74) is 8.18. The molecule has 0 atom stereocenters. The zero-order valence-electron chi connectivity index (χ0n) is 8.04. The van der Waals surface area contributed by atoms with E-state index in [1.165, 1.54) is 16.7 Å². The fourth-order valence-corrected chi connectivity index (χ4v) is 2.08. The van der Waals surface area contributed by atoms with Crippen molar-refractivity contribution in [3.8, 4) is 10.6 Å². The predicted molar refractivity (Wildman–Crippen MR) is 59.3 cm³/mol. The maximum Gasteiger partial charge on any atom is 0.355 e. The lowest BCUT2D eigenvalue weighted by atomic mass is 10.2. The zero-order valence-corrected chi connectivity index (χ0v) is 8.86. The molecule has 0 radical (unpaired) electrons. The van der Waals surface area contributed by atoms with Gasteiger partial charge in [-0.1, -0.05) is 12.1 Å². The Labute approximate surface area is 94.9 Å². The van der Waals surface area contributed by atoms with Crippen LogP contribution in [0.3, 0.4) is 0 Å². The summed E-state index contributed by atoms with van der Waals surface area (Å²) in [7, 11) is 0. The van der Waals surface area contributed by atoms with Crippen LogP contribution in [0.5, 0.6) is 0 Å². The molecule has 0 fully saturated rings. The van der Waals surface area contributed by atoms with Crippen LogP contribution in [0.15, 0.2) is 34.8 Å². The Hall–Kier alpha value is -2.08. The molecule has 0 saturated heterocycles. The van der Waals surface area contributed by atoms with Gasteiger partial charge in [0.25, 0.3) is 0 Å². The molecule has 1 aromatic carbocycles. The lowest BCUT2D eigenvalue weighted by Gasteiger charge is -1.98. The number of aromatic carboxylic acids is 1. The number of para-hydroxylation sites is 1. The molecule has 5 nitrogen and oxygen atoms in total. The molecule has 0 unspecified atom stereocenters. The average molecular weight is 233 g/mol. The van der Waals surface area contributed by atoms with Gasteiger partial charge in [-0.05, 0) is 12.1 Å². The summed E-state index contributed by atoms with van der Waals surface area (Å²) in [5, 5.41) is 14.2. The molecule has 1 heterocycles. The second kappa shape index (κ2) is 4.19. The largest absolute Gasteiger partial charge is 0.476 e. The molecule has 0 spiro atoms. The van der Waals surface area contributed by atoms with Crippen molar-refractivity contribution >= 4 is 23.0 Å². The molecule has 0 bridgehead atoms. The van der Waals surface area contributed by atoms with E-state index in [1.807, 2.05) is 0 Å². The van der Waals surface area contributed by atoms with E-state index in [1.54, 1.807) is 24.3 Å². The van der Waals surface area contributed by atoms with Crippen molar-refractivity contribution in [2.45, 2.75) is 0 Å². The van der Waals surface area contributed by atoms with E-state index in [-0.39, 0.29) is 5.69 Å². The number of nitrogens with one attached hydrogen (secondary N) is 1. The van der Waals surface area contributed by atoms with Crippen LogP contribution in [-0.2, 0) is 0 Å². The minimum absolute atomic E-state index is 0.0137. The third-order valence-corrected chi connectivity index (χ3v) is 2.85. The summed E-state index contributed by atoms with van der Waals surface area (Å²) in [6.45, 7) is 0. The van der Waals surface area contributed by atoms with Gasteiger partial charge >= 0.3 is 5.97 Å². The molecule has 0 aliphatic rings. The molecule has 80 valence electrons. The van der Waals surface area contributed by atoms with Gasteiger partial charge in [0.15, 0.2) is 5.69 Å². The van der Waals surface area contributed by atoms with Crippen LogP contribution >= 0.6 is 11.3 Å². The highest BCUT2D eigenvalue weighted by Gasteiger charge is 2.12. The first-order valence-electron chi connectivity index (χ1n) is 4.38. The van der Waals surface area contributed by atoms with Crippen LogP contribution in [-0.4, -0.2) is 16.1 Å². The third-order valence-electron chi connectivity index (χ3n) is 1.98. The second-order valence-corrected chi connectivity index (χ2v) is 3.83. The Kier molecular flexibility index (Phi) is 2.74. The van der Waals surface area contributed by atoms with Gasteiger partial charge in [-0.3, -0.25) is 0 Å². The number of thiazole rings is 1. The minimum Gasteiger partial charge on any atom is -0.476 e. The van der Waals surface area contributed by atoms with E-state index in [2.05, 4.69) is 10.1 Å². The highest BCUT2D eigenvalue weighted by Crippen LogP contribution is 2.31. The standard InChI is InChI=1S/C10H7N3O2S/c11-13-7-4-2-1-3-6(7)9-12-8(5-16-9)10(14)15/h1-5,11H,(H,14,15). The Bertz CT molecular complexity index is 551. The average Bonchev–Trinajstić information content (AvgIpc) is 2.78. The molecule has 2 rings (SSSR count). The van der Waals surface area contributed by atoms with E-state index in [9.17, 15) is 4.79 Å². The number of carboxylic acid groups (broad SMARTS) is 1. The molecule has 6 heteroatoms. The summed E-state index contributed by atoms with van der Waals surface area (Å²) in [6, 6.07) is 7.01. The minimum atomic E-state index is -1.05. The first-order valence-corrected chi connectivity index (χ1v) is 5.26. The van der Waals surface area contributed by atoms with E-state index in [0.29, 0.717) is 16.3 Å². The van der Waals surface area contributed by atoms with Gasteiger partial charge in [0.2, 0.25) is 0 Å². The molecule has 0 saturated carbocycles. The molecular formula is C10H7N3O2S. The quantitative estimate of drug-likeness (QED) is 0.798. The normalized spacial score (nSPS) is 10.0. The summed E-state index contributed by atoms with van der Waals surface area (Å²) in [4.78, 5) is 14.6. The molecule has 1 aromatic heterocycles. The Morgan fingerprint density at radius 1 is 1.44 bits per heavy atom. The van der Waals surface area contributed by atoms with Crippen molar-refractivity contribution in [3.05, 3.63) is 35.3 Å². The Morgan fingerprint density at radius 3 is 2.81 bits per heavy atom. The van der Waals surface area contributed by atoms with Gasteiger partial charge in [-0.25, -0.2) is 15.3 Å². The lowest BCUT2D eigenvalue weighted by Crippen LogP contribution is -1.95. The van der Waals surface area contributed by atoms with Crippen molar-refractivity contribution in [3.63, 3.8) is 0 Å². The van der Waals surface area contributed by atoms with E-state index < -0.39 is 5.97 Å². The molecule has 0 aliphatic heterocycles. The smallest absolute Gasteiger partial charge is 0.355 e. The Morgan fingerprint density at radius 2 is 2.19 bits per heavy atom. The van der Waals surface area contributed by atoms with Gasteiger partial charge in [0, 0.05) is 10.9 Å². The van der Waals surface area contributed by atoms with Gasteiger partial charge in [-0.15, -0.1) is 11.3 Å². The summed E-state index contributed by atoms with van der Waals surface area (Å²) in [5.74, 6) is -1.05. The number of carboxylic acids is 1. The topological polar surface area (TPSA) is 86.4 Å². The van der Waals surface area contributed by atoms with Crippen LogP contribution in [0.4, 0.5) is 5.69 Å². The number of hydrogen-bond acceptors (Lipinski definition) is 5. The fourth-order valence-electron chi connectivity index (χ4n) is 1.25. The van der Waals surface area contributed by atoms with Gasteiger partial charge in [0.1, 0.15) is 5.01 Å². The Balaban J connectivity index is 2.50. The van der Waals surface area contributed by atoms with E-state index in [0.717, 1.165) is 0 Å². The molecule has 0 amide bonds. The molecule has 2 N–H and O–H groups in total. The van der Waals surface area contributed by atoms with Crippen LogP contribution in [0.25, 0.3) is 10.6 Å². The van der Waals surface area contributed by atoms with Crippen molar-refractivity contribution in [1.29, 1.82) is 5.53 Å². The molecule has 16 heavy (non-hydrogen) atoms. The highest BCUT2D eigenvalue weighted by molar-refractivity contribution is 7.13. The maximum absolute atomic E-state index is 10.7. The monoisotopic (exact) mass is 233 g/mol. The molecular weight excluding hydrogens is 226 g/mol. The SMILES string of the molecule is N=Nc1ccccc1-c1nc(C(=O)O)cs1. The number of hydrogen-bond donors (Lipinski definition) is 2. The van der Waals surface area contributed by atoms with Gasteiger partial charge < -0.3 is 5.11 Å². The van der Waals surface area contributed by atoms with Crippen molar-refractivity contribution in [2.75, 3.05) is 0 Å². The summed E-state index contributed by atoms with van der Waals surface area (Å²) < 4.78 is 0. The fraction of sp³-hybridized carbons (Fsp3) is 0. The van der Waals surface area contributed by atoms with Crippen LogP contribution < -0.4 is 0 Å². The van der Waals surface area contributed by atoms with E-state index in [4.69, 9.17) is 10.6 Å². The van der Waals surface area contributed by atoms with Crippen LogP contribution in [0, 0.1) is 5.53 Å². The van der Waals surface area contributed by atoms with Crippen LogP contribution in [0.2, 0.25) is 0 Å². The number of nitrogens with zero attached hydrogens (tertiary/aromatic N) is 2. The van der Waals surface area contributed by atoms with Crippen LogP contribution in [0.1, 0.15) is 10.5 Å². The first-order chi connectivity index (χ1) is 7.72. The number of carbonyl (C=O) groups is 1. The number of rotatable bonds is 3. The number of benzene rings is 1. The molecule has 0 aliphatic carbocycles. The predicted octanol–water partition coefficient (Wildman–Crippen LogP) is 3.17. The third kappa shape index (κ3) is 1.82. The van der Waals surface area contributed by atoms with Gasteiger partial charge in [-0.2, -0.15) is 5.11 Å². The van der Waals surface area contributed by atoms with E-state index >= 15 is 0 Å². The number of aromatic nitrogens is 1. The van der Waals surface area contributed by atoms with Crippen molar-refractivity contribution in [1.82, 2.24) is 4.98 Å². The lowest BCUT2D eigenvalue weighted by molar-refractivity contribution is 0.0691. The van der Waals surface area contributed by atoms with Crippen molar-refractivity contribution < 1.29 is 9.90 Å². The highest BCUT2D eigenvalue weighted by atomic mass is 32.1. The van der Waals surface area contributed by atoms with Crippen molar-refractivity contribution in [2.24, 2.45) is 5.11 Å². The summed E-state index contributed by atoms with van der Waals surface area (Å²) in [6.07, 6.45) is 0. The van der Waals surface area contributed by atoms with Gasteiger partial charge in [0.05, 0.1) is 5.69 Å². The second-order valence-electron chi connectivity index (χ2n) is 2.97. The summed E-state index contributed by atoms with van der Waals surface area (Å²) >= 11 is 1.23. The molecule has 2 aromatic rings. The zero-order chi connectivity index (χ0) is 11.5.